The molecule has 9 heteroatoms. The summed E-state index contributed by atoms with van der Waals surface area (Å²) in [6.07, 6.45) is 1.58. The van der Waals surface area contributed by atoms with Crippen LogP contribution in [-0.2, 0) is 11.3 Å². The van der Waals surface area contributed by atoms with Gasteiger partial charge in [-0.05, 0) is 59.5 Å². The Kier molecular flexibility index (Phi) is 5.86. The number of fused-ring (bicyclic) bond motifs is 4. The van der Waals surface area contributed by atoms with Gasteiger partial charge in [0.2, 0.25) is 0 Å². The molecule has 3 N–H and O–H groups in total. The highest BCUT2D eigenvalue weighted by Gasteiger charge is 2.20. The lowest BCUT2D eigenvalue weighted by atomic mass is 9.93. The number of nitrogens with one attached hydrogen (secondary N) is 1. The number of amides is 1. The third kappa shape index (κ3) is 3.84. The largest absolute Gasteiger partial charge is 0.380 e. The number of nitrogens with zero attached hydrogens (tertiary/aromatic N) is 2. The second-order valence-corrected chi connectivity index (χ2v) is 9.78. The first kappa shape index (κ1) is 24.7. The van der Waals surface area contributed by atoms with Crippen LogP contribution in [0.25, 0.3) is 44.1 Å². The average Bonchev–Trinajstić information content (AvgIpc) is 3.29. The number of rotatable bonds is 5. The molecule has 0 aliphatic carbocycles. The van der Waals surface area contributed by atoms with Crippen LogP contribution >= 0.6 is 11.6 Å². The number of aromatic nitrogens is 3. The van der Waals surface area contributed by atoms with Crippen molar-refractivity contribution in [1.82, 2.24) is 14.0 Å². The number of pyridine rings is 1. The van der Waals surface area contributed by atoms with Crippen molar-refractivity contribution in [1.29, 1.82) is 0 Å². The van der Waals surface area contributed by atoms with Crippen molar-refractivity contribution in [3.05, 3.63) is 115 Å². The van der Waals surface area contributed by atoms with Gasteiger partial charge < -0.3 is 15.5 Å². The highest BCUT2D eigenvalue weighted by molar-refractivity contribution is 6.33. The molecule has 3 aromatic carbocycles. The van der Waals surface area contributed by atoms with Gasteiger partial charge in [-0.25, -0.2) is 9.36 Å². The maximum Gasteiger partial charge on any atom is 0.340 e. The highest BCUT2D eigenvalue weighted by Crippen LogP contribution is 2.39. The minimum atomic E-state index is -0.546. The Morgan fingerprint density at radius 3 is 2.62 bits per heavy atom. The summed E-state index contributed by atoms with van der Waals surface area (Å²) in [6.45, 7) is 2.31. The Morgan fingerprint density at radius 2 is 1.85 bits per heavy atom. The number of benzene rings is 3. The van der Waals surface area contributed by atoms with Gasteiger partial charge in [0, 0.05) is 35.7 Å². The number of carbonyl (C=O) groups excluding carboxylic acids is 1. The van der Waals surface area contributed by atoms with Crippen LogP contribution in [0.15, 0.2) is 82.5 Å². The van der Waals surface area contributed by atoms with Crippen molar-refractivity contribution in [3.63, 3.8) is 0 Å². The van der Waals surface area contributed by atoms with E-state index in [1.54, 1.807) is 43.6 Å². The summed E-state index contributed by atoms with van der Waals surface area (Å²) >= 11 is 6.24. The molecule has 0 fully saturated rings. The Balaban J connectivity index is 1.65. The number of aromatic amines is 1. The van der Waals surface area contributed by atoms with E-state index in [4.69, 9.17) is 22.1 Å². The molecule has 0 saturated heterocycles. The zero-order valence-corrected chi connectivity index (χ0v) is 21.9. The van der Waals surface area contributed by atoms with Crippen LogP contribution in [0.5, 0.6) is 0 Å². The normalized spacial score (nSPS) is 11.6. The third-order valence-corrected chi connectivity index (χ3v) is 7.41. The Labute approximate surface area is 226 Å². The van der Waals surface area contributed by atoms with Gasteiger partial charge in [-0.1, -0.05) is 41.9 Å². The van der Waals surface area contributed by atoms with Crippen LogP contribution in [0, 0.1) is 6.92 Å². The summed E-state index contributed by atoms with van der Waals surface area (Å²) < 4.78 is 7.78. The summed E-state index contributed by atoms with van der Waals surface area (Å²) in [5.74, 6) is -0.546. The quantitative estimate of drug-likeness (QED) is 0.323. The molecule has 0 saturated carbocycles. The van der Waals surface area contributed by atoms with E-state index in [-0.39, 0.29) is 0 Å². The molecule has 0 atom stereocenters. The Bertz CT molecular complexity index is 2090. The van der Waals surface area contributed by atoms with Crippen LogP contribution in [0.4, 0.5) is 0 Å². The highest BCUT2D eigenvalue weighted by atomic mass is 35.5. The average molecular weight is 539 g/mol. The van der Waals surface area contributed by atoms with Gasteiger partial charge in [0.15, 0.2) is 0 Å². The fraction of sp³-hybridized carbons (Fsp3) is 0.100. The van der Waals surface area contributed by atoms with Crippen LogP contribution in [0.1, 0.15) is 21.5 Å². The smallest absolute Gasteiger partial charge is 0.340 e. The van der Waals surface area contributed by atoms with Crippen molar-refractivity contribution in [2.75, 3.05) is 7.11 Å². The van der Waals surface area contributed by atoms with E-state index < -0.39 is 17.2 Å². The van der Waals surface area contributed by atoms with Crippen LogP contribution in [-0.4, -0.2) is 27.0 Å². The second-order valence-electron chi connectivity index (χ2n) is 9.37. The minimum Gasteiger partial charge on any atom is -0.380 e. The van der Waals surface area contributed by atoms with Crippen molar-refractivity contribution < 1.29 is 9.53 Å². The number of hydrogen-bond donors (Lipinski definition) is 2. The van der Waals surface area contributed by atoms with Gasteiger partial charge in [0.05, 0.1) is 33.9 Å². The van der Waals surface area contributed by atoms with E-state index in [9.17, 15) is 14.4 Å². The molecule has 0 unspecified atom stereocenters. The Hall–Kier alpha value is -4.66. The van der Waals surface area contributed by atoms with Gasteiger partial charge in [0.1, 0.15) is 0 Å². The Morgan fingerprint density at radius 1 is 1.03 bits per heavy atom. The zero-order chi connectivity index (χ0) is 27.4. The van der Waals surface area contributed by atoms with E-state index in [2.05, 4.69) is 4.98 Å². The van der Waals surface area contributed by atoms with E-state index >= 15 is 0 Å². The number of carbonyl (C=O) groups is 1. The number of hydrogen-bond acceptors (Lipinski definition) is 4. The number of methoxy groups -OCH3 is 1. The minimum absolute atomic E-state index is 0.314. The molecule has 0 radical (unpaired) electrons. The summed E-state index contributed by atoms with van der Waals surface area (Å²) in [5.41, 5.74) is 10.7. The van der Waals surface area contributed by atoms with Gasteiger partial charge in [-0.2, -0.15) is 0 Å². The number of primary amides is 1. The first-order valence-electron chi connectivity index (χ1n) is 12.2. The molecule has 3 heterocycles. The molecule has 1 amide bonds. The monoisotopic (exact) mass is 538 g/mol. The summed E-state index contributed by atoms with van der Waals surface area (Å²) in [6, 6.07) is 19.6. The molecule has 6 aromatic rings. The standard InChI is InChI=1S/C30H23ClN4O4/c1-16-18(5-3-7-24(16)35-26(36)14-25-22(31)6-4-12-34(25)30(35)38)19-10-11-21(29(32)37)28-27(19)20-9-8-17(15-39-2)13-23(20)33-28/h3-14,33H,15H2,1-2H3,(H2,32,37). The van der Waals surface area contributed by atoms with Gasteiger partial charge >= 0.3 is 5.69 Å². The number of nitrogens with two attached hydrogens (primary N) is 1. The predicted octanol–water partition coefficient (Wildman–Crippen LogP) is 4.96. The molecule has 0 aliphatic heterocycles. The lowest BCUT2D eigenvalue weighted by Gasteiger charge is -2.15. The van der Waals surface area contributed by atoms with Gasteiger partial charge in [0.25, 0.3) is 11.5 Å². The number of halogens is 1. The molecular formula is C30H23ClN4O4. The summed E-state index contributed by atoms with van der Waals surface area (Å²) in [7, 11) is 1.63. The molecule has 6 rings (SSSR count). The van der Waals surface area contributed by atoms with Crippen molar-refractivity contribution >= 4 is 44.8 Å². The van der Waals surface area contributed by atoms with Crippen molar-refractivity contribution in [2.24, 2.45) is 5.73 Å². The van der Waals surface area contributed by atoms with Crippen LogP contribution in [0.3, 0.4) is 0 Å². The molecule has 0 bridgehead atoms. The molecule has 3 aromatic heterocycles. The SMILES string of the molecule is COCc1ccc2c(c1)[nH]c1c(C(N)=O)ccc(-c3cccc(-n4c(=O)cc5c(Cl)cccn5c4=O)c3C)c12. The first-order valence-corrected chi connectivity index (χ1v) is 12.6. The molecule has 8 nitrogen and oxygen atoms in total. The zero-order valence-electron chi connectivity index (χ0n) is 21.1. The lowest BCUT2D eigenvalue weighted by molar-refractivity contribution is 0.100. The maximum atomic E-state index is 13.5. The first-order chi connectivity index (χ1) is 18.8. The number of ether oxygens (including phenoxy) is 1. The number of H-pyrrole nitrogens is 1. The van der Waals surface area contributed by atoms with E-state index in [1.165, 1.54) is 10.5 Å². The van der Waals surface area contributed by atoms with Crippen molar-refractivity contribution in [3.8, 4) is 16.8 Å². The van der Waals surface area contributed by atoms with Gasteiger partial charge in [-0.15, -0.1) is 0 Å². The lowest BCUT2D eigenvalue weighted by Crippen LogP contribution is -2.36. The predicted molar refractivity (Wildman–Crippen MR) is 153 cm³/mol. The topological polar surface area (TPSA) is 112 Å². The molecule has 39 heavy (non-hydrogen) atoms. The van der Waals surface area contributed by atoms with Crippen molar-refractivity contribution in [2.45, 2.75) is 13.5 Å². The molecule has 0 aliphatic rings. The molecular weight excluding hydrogens is 516 g/mol. The van der Waals surface area contributed by atoms with E-state index in [1.807, 2.05) is 37.3 Å². The molecule has 194 valence electrons. The maximum absolute atomic E-state index is 13.5. The second kappa shape index (κ2) is 9.27. The summed E-state index contributed by atoms with van der Waals surface area (Å²) in [5, 5.41) is 2.04. The third-order valence-electron chi connectivity index (χ3n) is 7.09. The van der Waals surface area contributed by atoms with Gasteiger partial charge in [-0.3, -0.25) is 14.0 Å². The van der Waals surface area contributed by atoms with E-state index in [0.717, 1.165) is 43.1 Å². The van der Waals surface area contributed by atoms with Crippen LogP contribution in [0.2, 0.25) is 5.02 Å². The van der Waals surface area contributed by atoms with E-state index in [0.29, 0.717) is 33.9 Å². The fourth-order valence-electron chi connectivity index (χ4n) is 5.31. The van der Waals surface area contributed by atoms with Crippen LogP contribution < -0.4 is 17.0 Å². The molecule has 0 spiro atoms. The summed E-state index contributed by atoms with van der Waals surface area (Å²) in [4.78, 5) is 42.3. The fourth-order valence-corrected chi connectivity index (χ4v) is 5.53.